The fourth-order valence-corrected chi connectivity index (χ4v) is 2.61. The molecule has 3 nitrogen and oxygen atoms in total. The lowest BCUT2D eigenvalue weighted by Crippen LogP contribution is -2.21. The van der Waals surface area contributed by atoms with Crippen molar-refractivity contribution in [1.29, 1.82) is 0 Å². The van der Waals surface area contributed by atoms with E-state index in [1.807, 2.05) is 6.92 Å². The summed E-state index contributed by atoms with van der Waals surface area (Å²) in [5.41, 5.74) is 1.04. The molecule has 0 aliphatic carbocycles. The fourth-order valence-electron chi connectivity index (χ4n) is 1.47. The molecular weight excluding hydrogens is 212 g/mol. The van der Waals surface area contributed by atoms with Crippen molar-refractivity contribution in [3.63, 3.8) is 0 Å². The highest BCUT2D eigenvalue weighted by Crippen LogP contribution is 2.36. The van der Waals surface area contributed by atoms with Crippen molar-refractivity contribution >= 4 is 23.5 Å². The highest BCUT2D eigenvalue weighted by Gasteiger charge is 2.27. The molecule has 1 aliphatic heterocycles. The Morgan fingerprint density at radius 2 is 2.20 bits per heavy atom. The number of thioether (sulfide) groups is 1. The largest absolute Gasteiger partial charge is 0.462 e. The summed E-state index contributed by atoms with van der Waals surface area (Å²) in [6.45, 7) is 5.65. The van der Waals surface area contributed by atoms with E-state index in [1.54, 1.807) is 13.8 Å². The van der Waals surface area contributed by atoms with Gasteiger partial charge in [0.05, 0.1) is 16.8 Å². The van der Waals surface area contributed by atoms with E-state index >= 15 is 0 Å². The van der Waals surface area contributed by atoms with Gasteiger partial charge in [0.15, 0.2) is 0 Å². The zero-order chi connectivity index (χ0) is 11.4. The fraction of sp³-hybridized carbons (Fsp3) is 0.636. The summed E-state index contributed by atoms with van der Waals surface area (Å²) in [7, 11) is 0. The van der Waals surface area contributed by atoms with Crippen LogP contribution in [0.1, 0.15) is 33.6 Å². The van der Waals surface area contributed by atoms with Gasteiger partial charge < -0.3 is 4.74 Å². The molecule has 1 atom stereocenters. The molecule has 0 spiro atoms. The van der Waals surface area contributed by atoms with E-state index in [0.29, 0.717) is 11.5 Å². The van der Waals surface area contributed by atoms with Crippen molar-refractivity contribution in [2.24, 2.45) is 0 Å². The van der Waals surface area contributed by atoms with Crippen LogP contribution in [-0.2, 0) is 14.3 Å². The van der Waals surface area contributed by atoms with E-state index in [9.17, 15) is 9.59 Å². The van der Waals surface area contributed by atoms with Crippen LogP contribution in [0.25, 0.3) is 0 Å². The molecule has 0 fully saturated rings. The van der Waals surface area contributed by atoms with Gasteiger partial charge in [0.1, 0.15) is 5.78 Å². The predicted octanol–water partition coefficient (Wildman–Crippen LogP) is 2.31. The van der Waals surface area contributed by atoms with Crippen LogP contribution >= 0.6 is 11.8 Å². The Labute approximate surface area is 94.3 Å². The molecule has 0 bridgehead atoms. The first kappa shape index (κ1) is 12.3. The second kappa shape index (κ2) is 5.35. The summed E-state index contributed by atoms with van der Waals surface area (Å²) >= 11 is 1.35. The molecule has 1 rings (SSSR count). The maximum atomic E-state index is 11.6. The van der Waals surface area contributed by atoms with Crippen molar-refractivity contribution in [1.82, 2.24) is 0 Å². The summed E-state index contributed by atoms with van der Waals surface area (Å²) in [6, 6.07) is 0. The molecule has 0 amide bonds. The molecule has 15 heavy (non-hydrogen) atoms. The number of carbonyl (C=O) groups is 2. The van der Waals surface area contributed by atoms with Crippen LogP contribution in [0.3, 0.4) is 0 Å². The van der Waals surface area contributed by atoms with Gasteiger partial charge in [-0.1, -0.05) is 5.57 Å². The molecule has 0 unspecified atom stereocenters. The maximum Gasteiger partial charge on any atom is 0.344 e. The Kier molecular flexibility index (Phi) is 4.39. The van der Waals surface area contributed by atoms with E-state index in [-0.39, 0.29) is 17.0 Å². The first-order valence-corrected chi connectivity index (χ1v) is 5.98. The van der Waals surface area contributed by atoms with Gasteiger partial charge in [-0.3, -0.25) is 4.79 Å². The van der Waals surface area contributed by atoms with Gasteiger partial charge in [0, 0.05) is 0 Å². The monoisotopic (exact) mass is 228 g/mol. The molecule has 0 aromatic rings. The van der Waals surface area contributed by atoms with Crippen LogP contribution in [0.5, 0.6) is 0 Å². The lowest BCUT2D eigenvalue weighted by molar-refractivity contribution is -0.137. The molecule has 84 valence electrons. The number of hydrogen-bond donors (Lipinski definition) is 0. The Morgan fingerprint density at radius 3 is 2.73 bits per heavy atom. The topological polar surface area (TPSA) is 43.4 Å². The zero-order valence-electron chi connectivity index (χ0n) is 9.33. The number of ether oxygens (including phenoxy) is 1. The SMILES string of the molecule is CCOC(=O)C1=C(C)CC[C@@H](C(C)=O)S1. The summed E-state index contributed by atoms with van der Waals surface area (Å²) < 4.78 is 4.95. The Balaban J connectivity index is 2.76. The van der Waals surface area contributed by atoms with Crippen molar-refractivity contribution in [2.75, 3.05) is 6.61 Å². The minimum atomic E-state index is -0.286. The molecule has 0 saturated carbocycles. The summed E-state index contributed by atoms with van der Waals surface area (Å²) in [6.07, 6.45) is 1.64. The summed E-state index contributed by atoms with van der Waals surface area (Å²) in [4.78, 5) is 23.4. The van der Waals surface area contributed by atoms with E-state index in [0.717, 1.165) is 18.4 Å². The van der Waals surface area contributed by atoms with Gasteiger partial charge >= 0.3 is 5.97 Å². The zero-order valence-corrected chi connectivity index (χ0v) is 10.1. The molecule has 0 aromatic heterocycles. The Hall–Kier alpha value is -0.770. The standard InChI is InChI=1S/C11H16O3S/c1-4-14-11(13)10-7(2)5-6-9(15-10)8(3)12/h9H,4-6H2,1-3H3/t9-/m0/s1. The van der Waals surface area contributed by atoms with Gasteiger partial charge in [-0.15, -0.1) is 11.8 Å². The quantitative estimate of drug-likeness (QED) is 0.695. The van der Waals surface area contributed by atoms with Crippen LogP contribution in [0.4, 0.5) is 0 Å². The third kappa shape index (κ3) is 3.09. The number of ketones is 1. The molecule has 4 heteroatoms. The molecule has 0 radical (unpaired) electrons. The van der Waals surface area contributed by atoms with E-state index < -0.39 is 0 Å². The number of rotatable bonds is 3. The molecular formula is C11H16O3S. The molecule has 0 N–H and O–H groups in total. The first-order valence-electron chi connectivity index (χ1n) is 5.10. The predicted molar refractivity (Wildman–Crippen MR) is 60.6 cm³/mol. The number of carbonyl (C=O) groups excluding carboxylic acids is 2. The second-order valence-corrected chi connectivity index (χ2v) is 4.80. The van der Waals surface area contributed by atoms with Gasteiger partial charge in [-0.2, -0.15) is 0 Å². The Bertz CT molecular complexity index is 307. The van der Waals surface area contributed by atoms with Gasteiger partial charge in [-0.25, -0.2) is 4.79 Å². The second-order valence-electron chi connectivity index (χ2n) is 3.59. The molecule has 0 saturated heterocycles. The van der Waals surface area contributed by atoms with Crippen molar-refractivity contribution < 1.29 is 14.3 Å². The van der Waals surface area contributed by atoms with Gasteiger partial charge in [0.25, 0.3) is 0 Å². The molecule has 1 aliphatic rings. The smallest absolute Gasteiger partial charge is 0.344 e. The van der Waals surface area contributed by atoms with Crippen LogP contribution < -0.4 is 0 Å². The minimum Gasteiger partial charge on any atom is -0.462 e. The van der Waals surface area contributed by atoms with E-state index in [2.05, 4.69) is 0 Å². The van der Waals surface area contributed by atoms with Gasteiger partial charge in [-0.05, 0) is 33.6 Å². The third-order valence-corrected chi connectivity index (χ3v) is 3.95. The van der Waals surface area contributed by atoms with E-state index in [4.69, 9.17) is 4.74 Å². The van der Waals surface area contributed by atoms with Crippen LogP contribution in [0.2, 0.25) is 0 Å². The molecule has 0 aromatic carbocycles. The first-order chi connectivity index (χ1) is 7.06. The molecule has 1 heterocycles. The number of allylic oxidation sites excluding steroid dienone is 1. The lowest BCUT2D eigenvalue weighted by atomic mass is 10.1. The third-order valence-electron chi connectivity index (χ3n) is 2.34. The highest BCUT2D eigenvalue weighted by atomic mass is 32.2. The van der Waals surface area contributed by atoms with Crippen molar-refractivity contribution in [2.45, 2.75) is 38.9 Å². The van der Waals surface area contributed by atoms with Crippen LogP contribution in [0, 0.1) is 0 Å². The summed E-state index contributed by atoms with van der Waals surface area (Å²) in [5.74, 6) is -0.153. The lowest BCUT2D eigenvalue weighted by Gasteiger charge is -2.22. The van der Waals surface area contributed by atoms with Crippen molar-refractivity contribution in [3.05, 3.63) is 10.5 Å². The number of Topliss-reactive ketones (excluding diaryl/α,β-unsaturated/α-hetero) is 1. The maximum absolute atomic E-state index is 11.6. The van der Waals surface area contributed by atoms with Crippen LogP contribution in [-0.4, -0.2) is 23.6 Å². The average molecular weight is 228 g/mol. The number of esters is 1. The van der Waals surface area contributed by atoms with Crippen molar-refractivity contribution in [3.8, 4) is 0 Å². The van der Waals surface area contributed by atoms with Crippen LogP contribution in [0.15, 0.2) is 10.5 Å². The summed E-state index contributed by atoms with van der Waals surface area (Å²) in [5, 5.41) is -0.0758. The van der Waals surface area contributed by atoms with E-state index in [1.165, 1.54) is 11.8 Å². The highest BCUT2D eigenvalue weighted by molar-refractivity contribution is 8.05. The number of hydrogen-bond acceptors (Lipinski definition) is 4. The normalized spacial score (nSPS) is 21.4. The minimum absolute atomic E-state index is 0.0758. The average Bonchev–Trinajstić information content (AvgIpc) is 2.18. The van der Waals surface area contributed by atoms with Gasteiger partial charge in [0.2, 0.25) is 0 Å². The Morgan fingerprint density at radius 1 is 1.53 bits per heavy atom.